The first-order chi connectivity index (χ1) is 3.29. The highest BCUT2D eigenvalue weighted by atomic mass is 79.9. The molecule has 1 aliphatic rings. The van der Waals surface area contributed by atoms with Crippen LogP contribution in [0.15, 0.2) is 0 Å². The Balaban J connectivity index is 0. The average molecular weight is 207 g/mol. The minimum absolute atomic E-state index is 0. The van der Waals surface area contributed by atoms with Gasteiger partial charge in [0.05, 0.1) is 0 Å². The maximum absolute atomic E-state index is 10.1. The van der Waals surface area contributed by atoms with Crippen LogP contribution < -0.4 is 0 Å². The van der Waals surface area contributed by atoms with E-state index in [1.807, 2.05) is 0 Å². The molecule has 0 heterocycles. The van der Waals surface area contributed by atoms with Gasteiger partial charge in [0.2, 0.25) is 0 Å². The Bertz CT molecular complexity index is 93.0. The van der Waals surface area contributed by atoms with E-state index in [0.29, 0.717) is 0 Å². The summed E-state index contributed by atoms with van der Waals surface area (Å²) in [6, 6.07) is 0. The SMILES string of the molecule is Br.CC(=O)OC1CC1.[MgH2]. The van der Waals surface area contributed by atoms with Crippen LogP contribution in [0.25, 0.3) is 0 Å². The van der Waals surface area contributed by atoms with Gasteiger partial charge in [0.25, 0.3) is 0 Å². The van der Waals surface area contributed by atoms with Crippen molar-refractivity contribution in [2.45, 2.75) is 25.9 Å². The molecular weight excluding hydrogens is 196 g/mol. The van der Waals surface area contributed by atoms with Crippen LogP contribution in [0.4, 0.5) is 0 Å². The van der Waals surface area contributed by atoms with Crippen molar-refractivity contribution in [3.05, 3.63) is 0 Å². The quantitative estimate of drug-likeness (QED) is 0.459. The Hall–Kier alpha value is 0.716. The summed E-state index contributed by atoms with van der Waals surface area (Å²) in [5, 5.41) is 0. The first-order valence-corrected chi connectivity index (χ1v) is 2.46. The number of hydrogen-bond acceptors (Lipinski definition) is 2. The first kappa shape index (κ1) is 12.4. The average Bonchev–Trinajstić information content (AvgIpc) is 2.17. The zero-order valence-electron chi connectivity index (χ0n) is 4.72. The number of esters is 1. The fraction of sp³-hybridized carbons (Fsp3) is 0.800. The zero-order valence-corrected chi connectivity index (χ0v) is 6.43. The third kappa shape index (κ3) is 6.60. The summed E-state index contributed by atoms with van der Waals surface area (Å²) in [5.41, 5.74) is 0. The number of carbonyl (C=O) groups excluding carboxylic acids is 1. The highest BCUT2D eigenvalue weighted by Crippen LogP contribution is 2.23. The summed E-state index contributed by atoms with van der Waals surface area (Å²) in [6.07, 6.45) is 2.41. The fourth-order valence-electron chi connectivity index (χ4n) is 0.421. The number of hydrogen-bond donors (Lipinski definition) is 0. The van der Waals surface area contributed by atoms with Gasteiger partial charge in [-0.25, -0.2) is 0 Å². The van der Waals surface area contributed by atoms with E-state index in [-0.39, 0.29) is 52.1 Å². The summed E-state index contributed by atoms with van der Waals surface area (Å²) >= 11 is 0. The van der Waals surface area contributed by atoms with Crippen LogP contribution in [0.1, 0.15) is 19.8 Å². The van der Waals surface area contributed by atoms with Gasteiger partial charge in [0.15, 0.2) is 0 Å². The van der Waals surface area contributed by atoms with Crippen LogP contribution in [-0.2, 0) is 9.53 Å². The second kappa shape index (κ2) is 5.50. The fourth-order valence-corrected chi connectivity index (χ4v) is 0.421. The van der Waals surface area contributed by atoms with E-state index >= 15 is 0 Å². The molecule has 0 radical (unpaired) electrons. The lowest BCUT2D eigenvalue weighted by Crippen LogP contribution is -1.98. The van der Waals surface area contributed by atoms with Gasteiger partial charge in [-0.1, -0.05) is 0 Å². The Morgan fingerprint density at radius 3 is 2.11 bits per heavy atom. The van der Waals surface area contributed by atoms with Crippen molar-refractivity contribution in [3.8, 4) is 0 Å². The van der Waals surface area contributed by atoms with Gasteiger partial charge in [0.1, 0.15) is 6.10 Å². The third-order valence-corrected chi connectivity index (χ3v) is 0.857. The predicted octanol–water partition coefficient (Wildman–Crippen LogP) is 0.374. The Morgan fingerprint density at radius 1 is 1.56 bits per heavy atom. The van der Waals surface area contributed by atoms with E-state index in [1.165, 1.54) is 6.92 Å². The monoisotopic (exact) mass is 206 g/mol. The van der Waals surface area contributed by atoms with Gasteiger partial charge >= 0.3 is 29.0 Å². The molecule has 0 atom stereocenters. The maximum Gasteiger partial charge on any atom is 0.316 e. The van der Waals surface area contributed by atoms with E-state index in [2.05, 4.69) is 0 Å². The summed E-state index contributed by atoms with van der Waals surface area (Å²) < 4.78 is 4.72. The smallest absolute Gasteiger partial charge is 0.316 e. The molecule has 1 fully saturated rings. The molecule has 1 saturated carbocycles. The van der Waals surface area contributed by atoms with E-state index in [4.69, 9.17) is 4.74 Å². The Kier molecular flexibility index (Phi) is 7.57. The molecule has 0 amide bonds. The van der Waals surface area contributed by atoms with Gasteiger partial charge in [-0.2, -0.15) is 0 Å². The number of rotatable bonds is 1. The lowest BCUT2D eigenvalue weighted by Gasteiger charge is -1.92. The molecule has 0 aromatic carbocycles. The largest absolute Gasteiger partial charge is 0.463 e. The van der Waals surface area contributed by atoms with E-state index in [9.17, 15) is 4.79 Å². The number of carbonyl (C=O) groups is 1. The molecule has 0 N–H and O–H groups in total. The van der Waals surface area contributed by atoms with Gasteiger partial charge in [-0.15, -0.1) is 17.0 Å². The second-order valence-corrected chi connectivity index (χ2v) is 1.81. The summed E-state index contributed by atoms with van der Waals surface area (Å²) in [5.74, 6) is -0.150. The van der Waals surface area contributed by atoms with Crippen molar-refractivity contribution in [3.63, 3.8) is 0 Å². The van der Waals surface area contributed by atoms with Gasteiger partial charge < -0.3 is 4.74 Å². The molecule has 52 valence electrons. The number of halogens is 1. The summed E-state index contributed by atoms with van der Waals surface area (Å²) in [7, 11) is 0. The van der Waals surface area contributed by atoms with Gasteiger partial charge in [-0.3, -0.25) is 4.79 Å². The molecule has 0 spiro atoms. The van der Waals surface area contributed by atoms with Crippen molar-refractivity contribution in [2.75, 3.05) is 0 Å². The van der Waals surface area contributed by atoms with E-state index in [1.54, 1.807) is 0 Å². The van der Waals surface area contributed by atoms with Gasteiger partial charge in [0, 0.05) is 6.92 Å². The summed E-state index contributed by atoms with van der Waals surface area (Å²) in [4.78, 5) is 10.1. The van der Waals surface area contributed by atoms with Crippen LogP contribution in [0.5, 0.6) is 0 Å². The second-order valence-electron chi connectivity index (χ2n) is 1.81. The molecule has 0 aromatic heterocycles. The molecule has 0 aliphatic heterocycles. The van der Waals surface area contributed by atoms with Crippen molar-refractivity contribution in [1.29, 1.82) is 0 Å². The first-order valence-electron chi connectivity index (χ1n) is 2.46. The molecule has 0 aromatic rings. The van der Waals surface area contributed by atoms with Crippen molar-refractivity contribution in [2.24, 2.45) is 0 Å². The lowest BCUT2D eigenvalue weighted by molar-refractivity contribution is -0.142. The molecular formula is C5H11BrMgO2. The highest BCUT2D eigenvalue weighted by molar-refractivity contribution is 8.93. The van der Waals surface area contributed by atoms with E-state index in [0.717, 1.165) is 12.8 Å². The molecule has 9 heavy (non-hydrogen) atoms. The standard InChI is InChI=1S/C5H8O2.BrH.Mg.2H/c1-4(6)7-5-2-3-5;;;;/h5H,2-3H2,1H3;1H;;;. The Morgan fingerprint density at radius 2 is 2.00 bits per heavy atom. The van der Waals surface area contributed by atoms with Crippen LogP contribution in [-0.4, -0.2) is 35.1 Å². The topological polar surface area (TPSA) is 26.3 Å². The van der Waals surface area contributed by atoms with Crippen LogP contribution in [0, 0.1) is 0 Å². The van der Waals surface area contributed by atoms with Crippen LogP contribution in [0.2, 0.25) is 0 Å². The van der Waals surface area contributed by atoms with E-state index < -0.39 is 0 Å². The van der Waals surface area contributed by atoms with Crippen molar-refractivity contribution < 1.29 is 9.53 Å². The van der Waals surface area contributed by atoms with Crippen molar-refractivity contribution >= 4 is 46.0 Å². The highest BCUT2D eigenvalue weighted by Gasteiger charge is 2.23. The normalized spacial score (nSPS) is 14.8. The molecule has 1 rings (SSSR count). The summed E-state index contributed by atoms with van der Waals surface area (Å²) in [6.45, 7) is 1.44. The predicted molar refractivity (Wildman–Crippen MR) is 43.7 cm³/mol. The minimum Gasteiger partial charge on any atom is -0.463 e. The lowest BCUT2D eigenvalue weighted by atomic mass is 10.7. The molecule has 0 bridgehead atoms. The number of ether oxygens (including phenoxy) is 1. The van der Waals surface area contributed by atoms with Crippen LogP contribution >= 0.6 is 17.0 Å². The molecule has 2 nitrogen and oxygen atoms in total. The zero-order chi connectivity index (χ0) is 5.28. The maximum atomic E-state index is 10.1. The minimum atomic E-state index is -0.150. The molecule has 1 aliphatic carbocycles. The van der Waals surface area contributed by atoms with Crippen molar-refractivity contribution in [1.82, 2.24) is 0 Å². The molecule has 0 unspecified atom stereocenters. The molecule has 4 heteroatoms. The Labute approximate surface area is 81.3 Å². The third-order valence-electron chi connectivity index (χ3n) is 0.857. The van der Waals surface area contributed by atoms with Crippen LogP contribution in [0.3, 0.4) is 0 Å². The van der Waals surface area contributed by atoms with Gasteiger partial charge in [-0.05, 0) is 12.8 Å². The molecule has 0 saturated heterocycles.